The predicted octanol–water partition coefficient (Wildman–Crippen LogP) is -0.371. The van der Waals surface area contributed by atoms with Gasteiger partial charge in [0.1, 0.15) is 0 Å². The van der Waals surface area contributed by atoms with E-state index < -0.39 is 5.54 Å². The van der Waals surface area contributed by atoms with Crippen molar-refractivity contribution in [1.29, 1.82) is 0 Å². The zero-order valence-electron chi connectivity index (χ0n) is 10.1. The molecular weight excluding hydrogens is 208 g/mol. The van der Waals surface area contributed by atoms with Crippen LogP contribution in [-0.2, 0) is 9.53 Å². The van der Waals surface area contributed by atoms with Crippen LogP contribution in [0.1, 0.15) is 26.7 Å². The van der Waals surface area contributed by atoms with Crippen molar-refractivity contribution in [1.82, 2.24) is 5.32 Å². The van der Waals surface area contributed by atoms with Gasteiger partial charge in [0.25, 0.3) is 0 Å². The topological polar surface area (TPSA) is 84.6 Å². The molecule has 0 atom stereocenters. The van der Waals surface area contributed by atoms with E-state index in [1.165, 1.54) is 0 Å². The average Bonchev–Trinajstić information content (AvgIpc) is 2.27. The minimum Gasteiger partial charge on any atom is -0.396 e. The maximum Gasteiger partial charge on any atom is 0.240 e. The summed E-state index contributed by atoms with van der Waals surface area (Å²) in [4.78, 5) is 11.9. The molecule has 0 aromatic rings. The molecule has 0 unspecified atom stereocenters. The van der Waals surface area contributed by atoms with Crippen molar-refractivity contribution in [2.75, 3.05) is 26.4 Å². The molecule has 5 heteroatoms. The molecule has 0 bridgehead atoms. The maximum absolute atomic E-state index is 11.9. The Bertz CT molecular complexity index is 248. The molecule has 0 aliphatic carbocycles. The molecule has 1 saturated heterocycles. The van der Waals surface area contributed by atoms with Gasteiger partial charge in [0.05, 0.1) is 5.54 Å². The lowest BCUT2D eigenvalue weighted by molar-refractivity contribution is -0.130. The number of aliphatic hydroxyl groups is 1. The molecule has 1 rings (SSSR count). The van der Waals surface area contributed by atoms with E-state index in [1.54, 1.807) is 0 Å². The summed E-state index contributed by atoms with van der Waals surface area (Å²) < 4.78 is 5.18. The van der Waals surface area contributed by atoms with Crippen LogP contribution in [0.5, 0.6) is 0 Å². The quantitative estimate of drug-likeness (QED) is 0.615. The van der Waals surface area contributed by atoms with Gasteiger partial charge in [0.2, 0.25) is 5.91 Å². The Hall–Kier alpha value is -0.650. The van der Waals surface area contributed by atoms with Crippen molar-refractivity contribution in [3.8, 4) is 0 Å². The van der Waals surface area contributed by atoms with Crippen LogP contribution in [0.2, 0.25) is 0 Å². The normalized spacial score (nSPS) is 20.5. The Morgan fingerprint density at radius 2 is 2.06 bits per heavy atom. The number of nitrogens with one attached hydrogen (secondary N) is 1. The number of ether oxygens (including phenoxy) is 1. The third kappa shape index (κ3) is 3.43. The summed E-state index contributed by atoms with van der Waals surface area (Å²) in [7, 11) is 0. The van der Waals surface area contributed by atoms with Gasteiger partial charge in [-0.3, -0.25) is 4.79 Å². The Morgan fingerprint density at radius 1 is 1.50 bits per heavy atom. The zero-order chi connectivity index (χ0) is 12.2. The van der Waals surface area contributed by atoms with Crippen LogP contribution >= 0.6 is 0 Å². The Balaban J connectivity index is 2.45. The number of rotatable bonds is 4. The standard InChI is InChI=1S/C11H22N2O3/c1-10(2,8-14)7-13-9(15)11(12)3-5-16-6-4-11/h14H,3-8,12H2,1-2H3,(H,13,15). The molecule has 1 fully saturated rings. The van der Waals surface area contributed by atoms with Gasteiger partial charge in [-0.05, 0) is 12.8 Å². The van der Waals surface area contributed by atoms with Gasteiger partial charge in [-0.2, -0.15) is 0 Å². The van der Waals surface area contributed by atoms with Gasteiger partial charge in [-0.25, -0.2) is 0 Å². The summed E-state index contributed by atoms with van der Waals surface area (Å²) in [6.07, 6.45) is 1.11. The number of hydrogen-bond donors (Lipinski definition) is 3. The van der Waals surface area contributed by atoms with Crippen molar-refractivity contribution in [2.24, 2.45) is 11.1 Å². The van der Waals surface area contributed by atoms with Crippen LogP contribution in [0.3, 0.4) is 0 Å². The van der Waals surface area contributed by atoms with Crippen LogP contribution in [0.15, 0.2) is 0 Å². The summed E-state index contributed by atoms with van der Waals surface area (Å²) in [6, 6.07) is 0. The monoisotopic (exact) mass is 230 g/mol. The molecule has 0 aromatic heterocycles. The second-order valence-corrected chi connectivity index (χ2v) is 5.27. The van der Waals surface area contributed by atoms with Gasteiger partial charge in [-0.1, -0.05) is 13.8 Å². The first-order chi connectivity index (χ1) is 7.40. The summed E-state index contributed by atoms with van der Waals surface area (Å²) in [5.41, 5.74) is 4.91. The molecule has 1 aliphatic heterocycles. The van der Waals surface area contributed by atoms with Crippen LogP contribution in [0, 0.1) is 5.41 Å². The second kappa shape index (κ2) is 5.12. The Morgan fingerprint density at radius 3 is 2.56 bits per heavy atom. The molecule has 0 saturated carbocycles. The SMILES string of the molecule is CC(C)(CO)CNC(=O)C1(N)CCOCC1. The fourth-order valence-electron chi connectivity index (χ4n) is 1.51. The first-order valence-corrected chi connectivity index (χ1v) is 5.65. The molecule has 94 valence electrons. The molecule has 0 radical (unpaired) electrons. The van der Waals surface area contributed by atoms with Crippen LogP contribution in [0.25, 0.3) is 0 Å². The van der Waals surface area contributed by atoms with Crippen molar-refractivity contribution < 1.29 is 14.6 Å². The van der Waals surface area contributed by atoms with Gasteiger partial charge in [0.15, 0.2) is 0 Å². The van der Waals surface area contributed by atoms with Gasteiger partial charge in [-0.15, -0.1) is 0 Å². The minimum atomic E-state index is -0.802. The fourth-order valence-corrected chi connectivity index (χ4v) is 1.51. The maximum atomic E-state index is 11.9. The Labute approximate surface area is 96.3 Å². The van der Waals surface area contributed by atoms with E-state index in [0.717, 1.165) is 0 Å². The molecule has 1 aliphatic rings. The molecule has 1 amide bonds. The van der Waals surface area contributed by atoms with E-state index in [4.69, 9.17) is 15.6 Å². The van der Waals surface area contributed by atoms with E-state index in [1.807, 2.05) is 13.8 Å². The largest absolute Gasteiger partial charge is 0.396 e. The number of hydrogen-bond acceptors (Lipinski definition) is 4. The lowest BCUT2D eigenvalue weighted by Gasteiger charge is -2.33. The third-order valence-corrected chi connectivity index (χ3v) is 2.99. The predicted molar refractivity (Wildman–Crippen MR) is 60.8 cm³/mol. The highest BCUT2D eigenvalue weighted by molar-refractivity contribution is 5.86. The number of aliphatic hydroxyl groups excluding tert-OH is 1. The molecule has 16 heavy (non-hydrogen) atoms. The molecular formula is C11H22N2O3. The number of carbonyl (C=O) groups is 1. The highest BCUT2D eigenvalue weighted by Crippen LogP contribution is 2.18. The van der Waals surface area contributed by atoms with Crippen LogP contribution in [-0.4, -0.2) is 42.9 Å². The average molecular weight is 230 g/mol. The summed E-state index contributed by atoms with van der Waals surface area (Å²) in [6.45, 7) is 5.32. The van der Waals surface area contributed by atoms with Gasteiger partial charge >= 0.3 is 0 Å². The summed E-state index contributed by atoms with van der Waals surface area (Å²) in [5.74, 6) is -0.141. The van der Waals surface area contributed by atoms with Gasteiger partial charge in [0, 0.05) is 31.8 Å². The number of nitrogens with two attached hydrogens (primary N) is 1. The first-order valence-electron chi connectivity index (χ1n) is 5.65. The van der Waals surface area contributed by atoms with Gasteiger partial charge < -0.3 is 20.9 Å². The molecule has 0 spiro atoms. The van der Waals surface area contributed by atoms with Crippen LogP contribution in [0.4, 0.5) is 0 Å². The highest BCUT2D eigenvalue weighted by Gasteiger charge is 2.36. The summed E-state index contributed by atoms with van der Waals surface area (Å²) in [5, 5.41) is 11.9. The first kappa shape index (κ1) is 13.4. The van der Waals surface area contributed by atoms with Crippen molar-refractivity contribution >= 4 is 5.91 Å². The van der Waals surface area contributed by atoms with E-state index in [2.05, 4.69) is 5.32 Å². The highest BCUT2D eigenvalue weighted by atomic mass is 16.5. The smallest absolute Gasteiger partial charge is 0.240 e. The number of amides is 1. The Kier molecular flexibility index (Phi) is 4.29. The van der Waals surface area contributed by atoms with E-state index in [-0.39, 0.29) is 17.9 Å². The second-order valence-electron chi connectivity index (χ2n) is 5.27. The number of carbonyl (C=O) groups excluding carboxylic acids is 1. The minimum absolute atomic E-state index is 0.0357. The van der Waals surface area contributed by atoms with Crippen molar-refractivity contribution in [3.63, 3.8) is 0 Å². The molecule has 4 N–H and O–H groups in total. The van der Waals surface area contributed by atoms with Crippen LogP contribution < -0.4 is 11.1 Å². The van der Waals surface area contributed by atoms with Crippen molar-refractivity contribution in [3.05, 3.63) is 0 Å². The molecule has 1 heterocycles. The third-order valence-electron chi connectivity index (χ3n) is 2.99. The summed E-state index contributed by atoms with van der Waals surface area (Å²) >= 11 is 0. The lowest BCUT2D eigenvalue weighted by atomic mass is 9.89. The lowest BCUT2D eigenvalue weighted by Crippen LogP contribution is -2.58. The van der Waals surface area contributed by atoms with E-state index in [9.17, 15) is 4.79 Å². The van der Waals surface area contributed by atoms with Crippen molar-refractivity contribution in [2.45, 2.75) is 32.2 Å². The fraction of sp³-hybridized carbons (Fsp3) is 0.909. The zero-order valence-corrected chi connectivity index (χ0v) is 10.1. The van der Waals surface area contributed by atoms with E-state index >= 15 is 0 Å². The molecule has 0 aromatic carbocycles. The van der Waals surface area contributed by atoms with E-state index in [0.29, 0.717) is 32.6 Å². The molecule has 5 nitrogen and oxygen atoms in total.